The molecule has 1 aromatic heterocycles. The number of aromatic nitrogens is 1. The maximum absolute atomic E-state index is 14.4. The van der Waals surface area contributed by atoms with E-state index in [9.17, 15) is 14.0 Å². The van der Waals surface area contributed by atoms with Gasteiger partial charge in [0.25, 0.3) is 5.91 Å². The van der Waals surface area contributed by atoms with E-state index in [1.807, 2.05) is 12.1 Å². The highest BCUT2D eigenvalue weighted by Crippen LogP contribution is 2.26. The van der Waals surface area contributed by atoms with Gasteiger partial charge in [-0.1, -0.05) is 18.6 Å². The standard InChI is InChI=1S/C29H37BFN5O4/c1-8-20-16-22(36(18-29(5,30)31)24(20)13-15-32-6)10-9-14-33-23-12-11-21(17-25(23)39-7)26(37)34-19-35-27(38)40-28(2,3)4/h8,11-13,15-17,32-33H,1,14,18-19H2,2-7H3,(H,34,37)(H,35,38)/b15-13-. The van der Waals surface area contributed by atoms with Crippen molar-refractivity contribution >= 4 is 37.7 Å². The van der Waals surface area contributed by atoms with Gasteiger partial charge in [0.15, 0.2) is 0 Å². The highest BCUT2D eigenvalue weighted by molar-refractivity contribution is 6.14. The van der Waals surface area contributed by atoms with Gasteiger partial charge < -0.3 is 35.3 Å². The van der Waals surface area contributed by atoms with Crippen LogP contribution in [0.4, 0.5) is 14.9 Å². The Bertz CT molecular complexity index is 1300. The van der Waals surface area contributed by atoms with E-state index in [2.05, 4.69) is 39.7 Å². The number of carbonyl (C=O) groups excluding carboxylic acids is 2. The number of hydrogen-bond donors (Lipinski definition) is 4. The molecule has 0 fully saturated rings. The predicted octanol–water partition coefficient (Wildman–Crippen LogP) is 3.86. The van der Waals surface area contributed by atoms with Crippen LogP contribution in [0.2, 0.25) is 0 Å². The van der Waals surface area contributed by atoms with Gasteiger partial charge in [-0.25, -0.2) is 4.79 Å². The number of nitrogens with zero attached hydrogens (tertiary/aromatic N) is 1. The fourth-order valence-electron chi connectivity index (χ4n) is 3.55. The summed E-state index contributed by atoms with van der Waals surface area (Å²) in [6, 6.07) is 6.71. The van der Waals surface area contributed by atoms with Crippen LogP contribution in [0.1, 0.15) is 55.0 Å². The van der Waals surface area contributed by atoms with E-state index in [1.54, 1.807) is 62.9 Å². The van der Waals surface area contributed by atoms with Gasteiger partial charge >= 0.3 is 6.09 Å². The van der Waals surface area contributed by atoms with Crippen molar-refractivity contribution in [3.05, 3.63) is 59.6 Å². The quantitative estimate of drug-likeness (QED) is 0.193. The molecule has 11 heteroatoms. The van der Waals surface area contributed by atoms with Gasteiger partial charge in [-0.2, -0.15) is 0 Å². The number of rotatable bonds is 11. The second-order valence-corrected chi connectivity index (χ2v) is 9.99. The molecule has 0 saturated heterocycles. The van der Waals surface area contributed by atoms with Crippen molar-refractivity contribution in [3.8, 4) is 17.6 Å². The first-order valence-electron chi connectivity index (χ1n) is 12.6. The van der Waals surface area contributed by atoms with Crippen LogP contribution in [0, 0.1) is 11.8 Å². The number of halogens is 1. The number of methoxy groups -OCH3 is 1. The lowest BCUT2D eigenvalue weighted by atomic mass is 9.85. The summed E-state index contributed by atoms with van der Waals surface area (Å²) in [5, 5.41) is 11.2. The summed E-state index contributed by atoms with van der Waals surface area (Å²) in [4.78, 5) is 24.2. The highest BCUT2D eigenvalue weighted by atomic mass is 19.1. The maximum Gasteiger partial charge on any atom is 0.409 e. The molecule has 1 heterocycles. The molecule has 0 aliphatic rings. The van der Waals surface area contributed by atoms with Crippen molar-refractivity contribution in [2.45, 2.75) is 45.4 Å². The number of amides is 2. The number of hydrogen-bond acceptors (Lipinski definition) is 6. The number of ether oxygens (including phenoxy) is 2. The van der Waals surface area contributed by atoms with E-state index in [1.165, 1.54) is 14.0 Å². The average molecular weight is 549 g/mol. The molecule has 2 radical (unpaired) electrons. The van der Waals surface area contributed by atoms with Crippen LogP contribution in [0.3, 0.4) is 0 Å². The Morgan fingerprint density at radius 2 is 1.93 bits per heavy atom. The SMILES string of the molecule is [B]C(C)(F)Cn1c(C#CCNc2ccc(C(=O)NCNC(=O)OC(C)(C)C)cc2OC)cc(C=C)c1/C=C\NC. The molecule has 2 aromatic rings. The molecular formula is C29H37BFN5O4. The van der Waals surface area contributed by atoms with Crippen LogP contribution < -0.4 is 26.0 Å². The summed E-state index contributed by atoms with van der Waals surface area (Å²) in [6.45, 7) is 10.4. The molecule has 40 heavy (non-hydrogen) atoms. The molecule has 0 bridgehead atoms. The first-order chi connectivity index (χ1) is 18.8. The molecule has 9 nitrogen and oxygen atoms in total. The van der Waals surface area contributed by atoms with E-state index in [0.29, 0.717) is 22.7 Å². The summed E-state index contributed by atoms with van der Waals surface area (Å²) >= 11 is 0. The Kier molecular flexibility index (Phi) is 11.3. The predicted molar refractivity (Wildman–Crippen MR) is 158 cm³/mol. The first-order valence-corrected chi connectivity index (χ1v) is 12.6. The van der Waals surface area contributed by atoms with Crippen LogP contribution in [-0.2, 0) is 11.3 Å². The van der Waals surface area contributed by atoms with Crippen molar-refractivity contribution in [2.75, 3.05) is 32.7 Å². The summed E-state index contributed by atoms with van der Waals surface area (Å²) < 4.78 is 26.7. The molecule has 1 atom stereocenters. The first kappa shape index (κ1) is 31.9. The van der Waals surface area contributed by atoms with E-state index in [0.717, 1.165) is 11.3 Å². The molecule has 0 spiro atoms. The van der Waals surface area contributed by atoms with E-state index < -0.39 is 23.2 Å². The maximum atomic E-state index is 14.4. The van der Waals surface area contributed by atoms with Gasteiger partial charge in [-0.15, -0.1) is 0 Å². The third kappa shape index (κ3) is 10.1. The van der Waals surface area contributed by atoms with E-state index >= 15 is 0 Å². The summed E-state index contributed by atoms with van der Waals surface area (Å²) in [7, 11) is 8.92. The van der Waals surface area contributed by atoms with Crippen molar-refractivity contribution in [2.24, 2.45) is 0 Å². The van der Waals surface area contributed by atoms with Gasteiger partial charge in [0.2, 0.25) is 0 Å². The van der Waals surface area contributed by atoms with Crippen LogP contribution in [0.25, 0.3) is 12.2 Å². The zero-order valence-electron chi connectivity index (χ0n) is 23.9. The monoisotopic (exact) mass is 549 g/mol. The van der Waals surface area contributed by atoms with Crippen molar-refractivity contribution in [3.63, 3.8) is 0 Å². The average Bonchev–Trinajstić information content (AvgIpc) is 3.18. The molecular weight excluding hydrogens is 512 g/mol. The lowest BCUT2D eigenvalue weighted by molar-refractivity contribution is 0.0523. The number of alkyl halides is 1. The minimum Gasteiger partial charge on any atom is -0.495 e. The minimum absolute atomic E-state index is 0.0910. The Balaban J connectivity index is 2.11. The molecule has 2 amide bonds. The largest absolute Gasteiger partial charge is 0.495 e. The molecule has 4 N–H and O–H groups in total. The van der Waals surface area contributed by atoms with Crippen LogP contribution >= 0.6 is 0 Å². The Labute approximate surface area is 237 Å². The molecule has 0 aliphatic carbocycles. The lowest BCUT2D eigenvalue weighted by Crippen LogP contribution is -2.40. The fraction of sp³-hybridized carbons (Fsp3) is 0.379. The number of carbonyl (C=O) groups is 2. The second kappa shape index (κ2) is 14.2. The van der Waals surface area contributed by atoms with Crippen molar-refractivity contribution < 1.29 is 23.5 Å². The number of anilines is 1. The normalized spacial score (nSPS) is 12.5. The van der Waals surface area contributed by atoms with Crippen molar-refractivity contribution in [1.82, 2.24) is 20.5 Å². The van der Waals surface area contributed by atoms with Gasteiger partial charge in [-0.3, -0.25) is 9.18 Å². The van der Waals surface area contributed by atoms with Gasteiger partial charge in [0.05, 0.1) is 43.0 Å². The number of nitrogens with one attached hydrogen (secondary N) is 4. The highest BCUT2D eigenvalue weighted by Gasteiger charge is 2.20. The van der Waals surface area contributed by atoms with Gasteiger partial charge in [0.1, 0.15) is 19.2 Å². The van der Waals surface area contributed by atoms with E-state index in [4.69, 9.17) is 17.3 Å². The summed E-state index contributed by atoms with van der Waals surface area (Å²) in [6.07, 6.45) is 4.59. The summed E-state index contributed by atoms with van der Waals surface area (Å²) in [5.74, 6) is 6.13. The van der Waals surface area contributed by atoms with Crippen LogP contribution in [-0.4, -0.2) is 63.0 Å². The number of alkyl carbamates (subject to hydrolysis) is 1. The Morgan fingerprint density at radius 1 is 1.20 bits per heavy atom. The smallest absolute Gasteiger partial charge is 0.409 e. The zero-order chi connectivity index (χ0) is 29.9. The molecule has 0 saturated carbocycles. The lowest BCUT2D eigenvalue weighted by Gasteiger charge is -2.19. The van der Waals surface area contributed by atoms with Crippen LogP contribution in [0.5, 0.6) is 5.75 Å². The minimum atomic E-state index is -1.94. The second-order valence-electron chi connectivity index (χ2n) is 9.99. The van der Waals surface area contributed by atoms with Gasteiger partial charge in [-0.05, 0) is 70.2 Å². The molecule has 212 valence electrons. The van der Waals surface area contributed by atoms with E-state index in [-0.39, 0.29) is 19.8 Å². The van der Waals surface area contributed by atoms with Crippen molar-refractivity contribution in [1.29, 1.82) is 0 Å². The third-order valence-corrected chi connectivity index (χ3v) is 5.19. The molecule has 1 aromatic carbocycles. The molecule has 1 unspecified atom stereocenters. The number of benzene rings is 1. The van der Waals surface area contributed by atoms with Gasteiger partial charge in [0, 0.05) is 24.7 Å². The Hall–Kier alpha value is -4.33. The zero-order valence-corrected chi connectivity index (χ0v) is 23.9. The summed E-state index contributed by atoms with van der Waals surface area (Å²) in [5.41, 5.74) is 0.492. The third-order valence-electron chi connectivity index (χ3n) is 5.19. The fourth-order valence-corrected chi connectivity index (χ4v) is 3.55. The Morgan fingerprint density at radius 3 is 2.52 bits per heavy atom. The molecule has 2 rings (SSSR count). The van der Waals surface area contributed by atoms with Crippen LogP contribution in [0.15, 0.2) is 37.0 Å². The topological polar surface area (TPSA) is 106 Å². The molecule has 0 aliphatic heterocycles.